The zero-order valence-electron chi connectivity index (χ0n) is 15.0. The standard InChI is InChI=1S/C19H25N3O3/c1-4-24-17-10-6-5-8-14(17)20-19(23)22-11-7-9-16(22)18-12-15(13(2)3)21-25-18/h5-6,8,10,12-13,16H,4,7,9,11H2,1-3H3,(H,20,23)/t16-/m0/s1. The van der Waals surface area contributed by atoms with Crippen molar-refractivity contribution in [2.45, 2.75) is 45.6 Å². The van der Waals surface area contributed by atoms with Gasteiger partial charge < -0.3 is 19.5 Å². The number of benzene rings is 1. The molecule has 25 heavy (non-hydrogen) atoms. The normalized spacial score (nSPS) is 17.1. The molecular weight excluding hydrogens is 318 g/mol. The summed E-state index contributed by atoms with van der Waals surface area (Å²) in [6, 6.07) is 9.23. The van der Waals surface area contributed by atoms with Crippen molar-refractivity contribution in [1.82, 2.24) is 10.1 Å². The third kappa shape index (κ3) is 3.78. The summed E-state index contributed by atoms with van der Waals surface area (Å²) < 4.78 is 11.1. The summed E-state index contributed by atoms with van der Waals surface area (Å²) in [4.78, 5) is 14.6. The molecule has 1 atom stereocenters. The van der Waals surface area contributed by atoms with Crippen molar-refractivity contribution in [1.29, 1.82) is 0 Å². The average molecular weight is 343 g/mol. The van der Waals surface area contributed by atoms with Crippen molar-refractivity contribution >= 4 is 11.7 Å². The number of hydrogen-bond donors (Lipinski definition) is 1. The topological polar surface area (TPSA) is 67.6 Å². The lowest BCUT2D eigenvalue weighted by Gasteiger charge is -2.23. The molecule has 0 spiro atoms. The monoisotopic (exact) mass is 343 g/mol. The Morgan fingerprint density at radius 2 is 2.24 bits per heavy atom. The summed E-state index contributed by atoms with van der Waals surface area (Å²) in [5, 5.41) is 7.09. The maximum Gasteiger partial charge on any atom is 0.322 e. The number of urea groups is 1. The van der Waals surface area contributed by atoms with Gasteiger partial charge in [0.05, 0.1) is 24.0 Å². The predicted molar refractivity (Wildman–Crippen MR) is 95.9 cm³/mol. The van der Waals surface area contributed by atoms with Crippen LogP contribution in [0.5, 0.6) is 5.75 Å². The van der Waals surface area contributed by atoms with E-state index in [4.69, 9.17) is 9.26 Å². The van der Waals surface area contributed by atoms with Gasteiger partial charge in [-0.2, -0.15) is 0 Å². The third-order valence-corrected chi connectivity index (χ3v) is 4.41. The molecule has 6 heteroatoms. The van der Waals surface area contributed by atoms with Gasteiger partial charge in [-0.05, 0) is 37.8 Å². The Kier molecular flexibility index (Phi) is 5.26. The molecule has 0 bridgehead atoms. The number of para-hydroxylation sites is 2. The van der Waals surface area contributed by atoms with Gasteiger partial charge in [0.2, 0.25) is 0 Å². The first-order valence-electron chi connectivity index (χ1n) is 8.86. The second-order valence-corrected chi connectivity index (χ2v) is 6.52. The molecule has 6 nitrogen and oxygen atoms in total. The second-order valence-electron chi connectivity index (χ2n) is 6.52. The fourth-order valence-electron chi connectivity index (χ4n) is 3.08. The van der Waals surface area contributed by atoms with Crippen molar-refractivity contribution in [2.24, 2.45) is 0 Å². The van der Waals surface area contributed by atoms with E-state index in [0.29, 0.717) is 30.5 Å². The Labute approximate surface area is 148 Å². The first-order chi connectivity index (χ1) is 12.1. The summed E-state index contributed by atoms with van der Waals surface area (Å²) in [5.74, 6) is 1.74. The van der Waals surface area contributed by atoms with Crippen molar-refractivity contribution in [3.05, 3.63) is 41.8 Å². The van der Waals surface area contributed by atoms with Crippen molar-refractivity contribution in [3.8, 4) is 5.75 Å². The first-order valence-corrected chi connectivity index (χ1v) is 8.86. The van der Waals surface area contributed by atoms with Gasteiger partial charge in [0.15, 0.2) is 5.76 Å². The number of likely N-dealkylation sites (tertiary alicyclic amines) is 1. The van der Waals surface area contributed by atoms with E-state index in [1.54, 1.807) is 0 Å². The van der Waals surface area contributed by atoms with E-state index in [-0.39, 0.29) is 12.1 Å². The Hall–Kier alpha value is -2.50. The van der Waals surface area contributed by atoms with Crippen LogP contribution in [0.25, 0.3) is 0 Å². The third-order valence-electron chi connectivity index (χ3n) is 4.41. The minimum absolute atomic E-state index is 0.0701. The number of carbonyl (C=O) groups excluding carboxylic acids is 1. The number of aromatic nitrogens is 1. The molecule has 2 amide bonds. The molecule has 0 radical (unpaired) electrons. The van der Waals surface area contributed by atoms with Crippen LogP contribution in [0.1, 0.15) is 57.0 Å². The maximum absolute atomic E-state index is 12.8. The summed E-state index contributed by atoms with van der Waals surface area (Å²) in [6.07, 6.45) is 1.83. The molecule has 1 N–H and O–H groups in total. The van der Waals surface area contributed by atoms with Crippen molar-refractivity contribution in [3.63, 3.8) is 0 Å². The van der Waals surface area contributed by atoms with E-state index in [0.717, 1.165) is 24.3 Å². The summed E-state index contributed by atoms with van der Waals surface area (Å²) in [6.45, 7) is 7.32. The Morgan fingerprint density at radius 1 is 1.44 bits per heavy atom. The van der Waals surface area contributed by atoms with Crippen LogP contribution in [0.4, 0.5) is 10.5 Å². The first kappa shape index (κ1) is 17.3. The Bertz CT molecular complexity index is 726. The van der Waals surface area contributed by atoms with Gasteiger partial charge >= 0.3 is 6.03 Å². The molecule has 2 aromatic rings. The molecule has 1 saturated heterocycles. The fraction of sp³-hybridized carbons (Fsp3) is 0.474. The molecule has 1 fully saturated rings. The smallest absolute Gasteiger partial charge is 0.322 e. The van der Waals surface area contributed by atoms with Crippen LogP contribution >= 0.6 is 0 Å². The van der Waals surface area contributed by atoms with E-state index in [1.165, 1.54) is 0 Å². The van der Waals surface area contributed by atoms with Gasteiger partial charge in [0.1, 0.15) is 5.75 Å². The number of rotatable bonds is 5. The molecule has 134 valence electrons. The molecule has 1 aromatic heterocycles. The summed E-state index contributed by atoms with van der Waals surface area (Å²) >= 11 is 0. The fourth-order valence-corrected chi connectivity index (χ4v) is 3.08. The number of hydrogen-bond acceptors (Lipinski definition) is 4. The average Bonchev–Trinajstić information content (AvgIpc) is 3.25. The van der Waals surface area contributed by atoms with E-state index >= 15 is 0 Å². The van der Waals surface area contributed by atoms with Crippen LogP contribution in [-0.2, 0) is 0 Å². The molecule has 1 aromatic carbocycles. The van der Waals surface area contributed by atoms with E-state index in [1.807, 2.05) is 42.2 Å². The van der Waals surface area contributed by atoms with Gasteiger partial charge in [-0.3, -0.25) is 0 Å². The van der Waals surface area contributed by atoms with Crippen LogP contribution in [0.3, 0.4) is 0 Å². The van der Waals surface area contributed by atoms with Crippen LogP contribution < -0.4 is 10.1 Å². The molecule has 1 aliphatic rings. The number of nitrogens with zero attached hydrogens (tertiary/aromatic N) is 2. The lowest BCUT2D eigenvalue weighted by molar-refractivity contribution is 0.195. The Morgan fingerprint density at radius 3 is 2.96 bits per heavy atom. The van der Waals surface area contributed by atoms with Crippen molar-refractivity contribution in [2.75, 3.05) is 18.5 Å². The molecule has 0 aliphatic carbocycles. The number of carbonyl (C=O) groups is 1. The highest BCUT2D eigenvalue weighted by atomic mass is 16.5. The highest BCUT2D eigenvalue weighted by Gasteiger charge is 2.33. The van der Waals surface area contributed by atoms with Gasteiger partial charge in [-0.15, -0.1) is 0 Å². The minimum Gasteiger partial charge on any atom is -0.492 e. The zero-order valence-corrected chi connectivity index (χ0v) is 15.0. The zero-order chi connectivity index (χ0) is 17.8. The molecule has 3 rings (SSSR count). The van der Waals surface area contributed by atoms with Gasteiger partial charge in [0, 0.05) is 12.6 Å². The maximum atomic E-state index is 12.8. The molecule has 1 aliphatic heterocycles. The van der Waals surface area contributed by atoms with Crippen LogP contribution in [0.15, 0.2) is 34.9 Å². The SMILES string of the molecule is CCOc1ccccc1NC(=O)N1CCC[C@H]1c1cc(C(C)C)no1. The van der Waals surface area contributed by atoms with Crippen LogP contribution in [-0.4, -0.2) is 29.2 Å². The predicted octanol–water partition coefficient (Wildman–Crippen LogP) is 4.57. The van der Waals surface area contributed by atoms with Gasteiger partial charge in [-0.25, -0.2) is 4.79 Å². The summed E-state index contributed by atoms with van der Waals surface area (Å²) in [5.41, 5.74) is 1.60. The van der Waals surface area contributed by atoms with E-state index in [2.05, 4.69) is 24.3 Å². The highest BCUT2D eigenvalue weighted by molar-refractivity contribution is 5.91. The van der Waals surface area contributed by atoms with Crippen LogP contribution in [0.2, 0.25) is 0 Å². The summed E-state index contributed by atoms with van der Waals surface area (Å²) in [7, 11) is 0. The van der Waals surface area contributed by atoms with E-state index < -0.39 is 0 Å². The molecule has 0 unspecified atom stereocenters. The molecule has 0 saturated carbocycles. The van der Waals surface area contributed by atoms with Gasteiger partial charge in [-0.1, -0.05) is 31.1 Å². The van der Waals surface area contributed by atoms with Gasteiger partial charge in [0.25, 0.3) is 0 Å². The molecular formula is C19H25N3O3. The largest absolute Gasteiger partial charge is 0.492 e. The quantitative estimate of drug-likeness (QED) is 0.864. The second kappa shape index (κ2) is 7.59. The Balaban J connectivity index is 1.74. The lowest BCUT2D eigenvalue weighted by Crippen LogP contribution is -2.34. The van der Waals surface area contributed by atoms with E-state index in [9.17, 15) is 4.79 Å². The van der Waals surface area contributed by atoms with Crippen molar-refractivity contribution < 1.29 is 14.1 Å². The minimum atomic E-state index is -0.142. The lowest BCUT2D eigenvalue weighted by atomic mass is 10.1. The highest BCUT2D eigenvalue weighted by Crippen LogP contribution is 2.34. The number of nitrogens with one attached hydrogen (secondary N) is 1. The number of ether oxygens (including phenoxy) is 1. The molecule has 2 heterocycles. The van der Waals surface area contributed by atoms with Crippen LogP contribution in [0, 0.1) is 0 Å². The number of amides is 2. The number of anilines is 1.